The van der Waals surface area contributed by atoms with Gasteiger partial charge >= 0.3 is 6.18 Å². The largest absolute Gasteiger partial charge is 0.416 e. The fourth-order valence-corrected chi connectivity index (χ4v) is 0.946. The van der Waals surface area contributed by atoms with Crippen molar-refractivity contribution in [1.29, 1.82) is 0 Å². The van der Waals surface area contributed by atoms with E-state index >= 15 is 0 Å². The Morgan fingerprint density at radius 1 is 1.29 bits per heavy atom. The molecule has 0 amide bonds. The molecule has 1 aromatic carbocycles. The van der Waals surface area contributed by atoms with Gasteiger partial charge in [-0.2, -0.15) is 13.2 Å². The lowest BCUT2D eigenvalue weighted by molar-refractivity contribution is -0.137. The second-order valence-electron chi connectivity index (χ2n) is 2.64. The molecule has 0 bridgehead atoms. The standard InChI is InChI=1S/C9H6F4O/c10-5-8(14)6-2-1-3-7(4-6)9(11,12)13/h1-4H,5H2. The van der Waals surface area contributed by atoms with Gasteiger partial charge in [-0.15, -0.1) is 0 Å². The van der Waals surface area contributed by atoms with Crippen molar-refractivity contribution in [2.24, 2.45) is 0 Å². The number of carbonyl (C=O) groups is 1. The van der Waals surface area contributed by atoms with Crippen LogP contribution in [0.4, 0.5) is 17.6 Å². The van der Waals surface area contributed by atoms with Gasteiger partial charge in [-0.25, -0.2) is 4.39 Å². The number of alkyl halides is 4. The highest BCUT2D eigenvalue weighted by Gasteiger charge is 2.30. The highest BCUT2D eigenvalue weighted by atomic mass is 19.4. The zero-order valence-corrected chi connectivity index (χ0v) is 6.94. The fraction of sp³-hybridized carbons (Fsp3) is 0.222. The maximum absolute atomic E-state index is 12.1. The summed E-state index contributed by atoms with van der Waals surface area (Å²) >= 11 is 0. The van der Waals surface area contributed by atoms with Gasteiger partial charge in [-0.05, 0) is 12.1 Å². The van der Waals surface area contributed by atoms with Crippen LogP contribution in [0.2, 0.25) is 0 Å². The van der Waals surface area contributed by atoms with Crippen LogP contribution >= 0.6 is 0 Å². The molecule has 0 spiro atoms. The highest BCUT2D eigenvalue weighted by molar-refractivity contribution is 5.97. The lowest BCUT2D eigenvalue weighted by Crippen LogP contribution is -2.08. The van der Waals surface area contributed by atoms with Gasteiger partial charge in [0.25, 0.3) is 0 Å². The molecule has 0 fully saturated rings. The molecule has 14 heavy (non-hydrogen) atoms. The number of Topliss-reactive ketones (excluding diaryl/α,β-unsaturated/α-hetero) is 1. The zero-order valence-electron chi connectivity index (χ0n) is 6.94. The molecule has 0 aliphatic carbocycles. The molecule has 0 aromatic heterocycles. The molecule has 0 aliphatic rings. The first-order valence-electron chi connectivity index (χ1n) is 3.71. The van der Waals surface area contributed by atoms with E-state index in [2.05, 4.69) is 0 Å². The number of carbonyl (C=O) groups excluding carboxylic acids is 1. The molecule has 0 saturated carbocycles. The number of rotatable bonds is 2. The van der Waals surface area contributed by atoms with E-state index in [0.717, 1.165) is 18.2 Å². The van der Waals surface area contributed by atoms with Crippen molar-refractivity contribution in [2.45, 2.75) is 6.18 Å². The van der Waals surface area contributed by atoms with E-state index in [1.54, 1.807) is 0 Å². The van der Waals surface area contributed by atoms with Crippen molar-refractivity contribution in [1.82, 2.24) is 0 Å². The molecule has 0 radical (unpaired) electrons. The molecule has 5 heteroatoms. The average molecular weight is 206 g/mol. The molecule has 1 rings (SSSR count). The second kappa shape index (κ2) is 3.77. The summed E-state index contributed by atoms with van der Waals surface area (Å²) in [6.45, 7) is -1.29. The molecular formula is C9H6F4O. The van der Waals surface area contributed by atoms with Crippen molar-refractivity contribution in [3.8, 4) is 0 Å². The van der Waals surface area contributed by atoms with E-state index in [0.29, 0.717) is 6.07 Å². The molecule has 76 valence electrons. The Balaban J connectivity index is 3.08. The van der Waals surface area contributed by atoms with E-state index < -0.39 is 24.2 Å². The summed E-state index contributed by atoms with van der Waals surface area (Å²) < 4.78 is 48.3. The van der Waals surface area contributed by atoms with Crippen molar-refractivity contribution in [2.75, 3.05) is 6.67 Å². The van der Waals surface area contributed by atoms with Crippen molar-refractivity contribution in [3.63, 3.8) is 0 Å². The summed E-state index contributed by atoms with van der Waals surface area (Å²) in [4.78, 5) is 10.8. The highest BCUT2D eigenvalue weighted by Crippen LogP contribution is 2.29. The Hall–Kier alpha value is -1.39. The van der Waals surface area contributed by atoms with Crippen LogP contribution in [0.3, 0.4) is 0 Å². The van der Waals surface area contributed by atoms with E-state index in [9.17, 15) is 22.4 Å². The molecule has 0 atom stereocenters. The number of hydrogen-bond donors (Lipinski definition) is 0. The number of benzene rings is 1. The quantitative estimate of drug-likeness (QED) is 0.537. The molecule has 0 N–H and O–H groups in total. The lowest BCUT2D eigenvalue weighted by Gasteiger charge is -2.06. The summed E-state index contributed by atoms with van der Waals surface area (Å²) in [5.74, 6) is -0.948. The summed E-state index contributed by atoms with van der Waals surface area (Å²) in [6, 6.07) is 3.69. The maximum atomic E-state index is 12.1. The number of halogens is 4. The van der Waals surface area contributed by atoms with Crippen LogP contribution in [0.25, 0.3) is 0 Å². The van der Waals surface area contributed by atoms with Gasteiger partial charge in [0.05, 0.1) is 5.56 Å². The topological polar surface area (TPSA) is 17.1 Å². The Morgan fingerprint density at radius 2 is 1.93 bits per heavy atom. The van der Waals surface area contributed by atoms with Crippen LogP contribution in [0.15, 0.2) is 24.3 Å². The van der Waals surface area contributed by atoms with Gasteiger partial charge in [-0.3, -0.25) is 4.79 Å². The lowest BCUT2D eigenvalue weighted by atomic mass is 10.1. The summed E-state index contributed by atoms with van der Waals surface area (Å²) in [5, 5.41) is 0. The smallest absolute Gasteiger partial charge is 0.291 e. The zero-order chi connectivity index (χ0) is 10.8. The minimum Gasteiger partial charge on any atom is -0.291 e. The SMILES string of the molecule is O=C(CF)c1cccc(C(F)(F)F)c1. The third-order valence-electron chi connectivity index (χ3n) is 1.63. The van der Waals surface area contributed by atoms with E-state index in [-0.39, 0.29) is 5.56 Å². The minimum absolute atomic E-state index is 0.262. The first-order chi connectivity index (χ1) is 6.45. The Bertz CT molecular complexity index is 343. The molecule has 1 nitrogen and oxygen atoms in total. The van der Waals surface area contributed by atoms with Crippen LogP contribution in [0.1, 0.15) is 15.9 Å². The van der Waals surface area contributed by atoms with Crippen LogP contribution in [-0.2, 0) is 6.18 Å². The predicted octanol–water partition coefficient (Wildman–Crippen LogP) is 2.86. The molecule has 1 aromatic rings. The predicted molar refractivity (Wildman–Crippen MR) is 41.7 cm³/mol. The van der Waals surface area contributed by atoms with Crippen LogP contribution < -0.4 is 0 Å². The second-order valence-corrected chi connectivity index (χ2v) is 2.64. The molecule has 0 unspecified atom stereocenters. The first-order valence-corrected chi connectivity index (χ1v) is 3.71. The van der Waals surface area contributed by atoms with Gasteiger partial charge in [0.2, 0.25) is 0 Å². The van der Waals surface area contributed by atoms with Gasteiger partial charge in [0.1, 0.15) is 0 Å². The third-order valence-corrected chi connectivity index (χ3v) is 1.63. The van der Waals surface area contributed by atoms with Gasteiger partial charge in [0, 0.05) is 5.56 Å². The Labute approximate surface area is 77.3 Å². The average Bonchev–Trinajstić information content (AvgIpc) is 2.15. The third kappa shape index (κ3) is 2.31. The molecular weight excluding hydrogens is 200 g/mol. The van der Waals surface area contributed by atoms with Crippen molar-refractivity contribution < 1.29 is 22.4 Å². The fourth-order valence-electron chi connectivity index (χ4n) is 0.946. The van der Waals surface area contributed by atoms with E-state index in [4.69, 9.17) is 0 Å². The monoisotopic (exact) mass is 206 g/mol. The van der Waals surface area contributed by atoms with Crippen molar-refractivity contribution in [3.05, 3.63) is 35.4 Å². The summed E-state index contributed by atoms with van der Waals surface area (Å²) in [7, 11) is 0. The minimum atomic E-state index is -4.51. The van der Waals surface area contributed by atoms with Crippen molar-refractivity contribution >= 4 is 5.78 Å². The van der Waals surface area contributed by atoms with Gasteiger partial charge < -0.3 is 0 Å². The van der Waals surface area contributed by atoms with E-state index in [1.807, 2.05) is 0 Å². The van der Waals surface area contributed by atoms with Gasteiger partial charge in [-0.1, -0.05) is 12.1 Å². The maximum Gasteiger partial charge on any atom is 0.416 e. The van der Waals surface area contributed by atoms with E-state index in [1.165, 1.54) is 0 Å². The van der Waals surface area contributed by atoms with Crippen LogP contribution in [0.5, 0.6) is 0 Å². The van der Waals surface area contributed by atoms with Crippen LogP contribution in [0, 0.1) is 0 Å². The Morgan fingerprint density at radius 3 is 2.43 bits per heavy atom. The molecule has 0 saturated heterocycles. The summed E-state index contributed by atoms with van der Waals surface area (Å²) in [5.41, 5.74) is -1.21. The number of hydrogen-bond acceptors (Lipinski definition) is 1. The molecule has 0 heterocycles. The summed E-state index contributed by atoms with van der Waals surface area (Å²) in [6.07, 6.45) is -4.51. The van der Waals surface area contributed by atoms with Crippen LogP contribution in [-0.4, -0.2) is 12.5 Å². The molecule has 0 aliphatic heterocycles. The van der Waals surface area contributed by atoms with Gasteiger partial charge in [0.15, 0.2) is 12.5 Å². The Kier molecular flexibility index (Phi) is 2.88. The first kappa shape index (κ1) is 10.7. The normalized spacial score (nSPS) is 11.4. The number of ketones is 1.